The Hall–Kier alpha value is -3.45. The minimum atomic E-state index is -0.0692. The van der Waals surface area contributed by atoms with Crippen molar-refractivity contribution in [1.82, 2.24) is 15.0 Å². The number of fused-ring (bicyclic) bond motifs is 1. The molecule has 3 aromatic rings. The Morgan fingerprint density at radius 3 is 2.83 bits per heavy atom. The highest BCUT2D eigenvalue weighted by molar-refractivity contribution is 5.87. The van der Waals surface area contributed by atoms with Crippen molar-refractivity contribution in [2.45, 2.75) is 18.3 Å². The number of aliphatic imine (C=N–C) groups is 1. The summed E-state index contributed by atoms with van der Waals surface area (Å²) >= 11 is 0. The maximum Gasteiger partial charge on any atom is 0.142 e. The van der Waals surface area contributed by atoms with E-state index in [1.807, 2.05) is 12.3 Å². The van der Waals surface area contributed by atoms with Crippen molar-refractivity contribution in [1.29, 1.82) is 0 Å². The number of hydrogen-bond acceptors (Lipinski definition) is 5. The number of allylic oxidation sites excluding steroid dienone is 2. The second-order valence-electron chi connectivity index (χ2n) is 7.58. The number of nitrogens with one attached hydrogen (secondary N) is 1. The van der Waals surface area contributed by atoms with Crippen LogP contribution in [0, 0.1) is 0 Å². The molecule has 4 rings (SSSR count). The van der Waals surface area contributed by atoms with E-state index in [-0.39, 0.29) is 5.41 Å². The second-order valence-corrected chi connectivity index (χ2v) is 7.58. The lowest BCUT2D eigenvalue weighted by Crippen LogP contribution is -2.47. The highest BCUT2D eigenvalue weighted by atomic mass is 15.2. The first-order chi connectivity index (χ1) is 14.7. The summed E-state index contributed by atoms with van der Waals surface area (Å²) in [5.41, 5.74) is 15.8. The molecule has 3 heterocycles. The van der Waals surface area contributed by atoms with Crippen molar-refractivity contribution in [3.8, 4) is 0 Å². The SMILES string of the molecule is C=C/C(=C\N=C/N)c1cccc(C2(CN)CCN(c3ncnc4[nH]ccc34)CC2)c1. The Balaban J connectivity index is 1.60. The Bertz CT molecular complexity index is 1090. The van der Waals surface area contributed by atoms with Crippen LogP contribution in [-0.4, -0.2) is 40.9 Å². The van der Waals surface area contributed by atoms with Gasteiger partial charge in [0.25, 0.3) is 0 Å². The summed E-state index contributed by atoms with van der Waals surface area (Å²) in [4.78, 5) is 18.4. The van der Waals surface area contributed by atoms with Crippen LogP contribution in [0.5, 0.6) is 0 Å². The van der Waals surface area contributed by atoms with Crippen LogP contribution in [0.15, 0.2) is 66.7 Å². The maximum absolute atomic E-state index is 6.34. The number of anilines is 1. The van der Waals surface area contributed by atoms with Crippen molar-refractivity contribution in [2.75, 3.05) is 24.5 Å². The number of hydrogen-bond donors (Lipinski definition) is 3. The van der Waals surface area contributed by atoms with Gasteiger partial charge in [-0.3, -0.25) is 0 Å². The highest BCUT2D eigenvalue weighted by Gasteiger charge is 2.36. The third kappa shape index (κ3) is 3.59. The van der Waals surface area contributed by atoms with Gasteiger partial charge in [0.05, 0.1) is 11.7 Å². The first kappa shape index (κ1) is 19.8. The molecule has 0 radical (unpaired) electrons. The average molecular weight is 402 g/mol. The van der Waals surface area contributed by atoms with Crippen LogP contribution in [0.4, 0.5) is 5.82 Å². The number of nitrogens with zero attached hydrogens (tertiary/aromatic N) is 4. The lowest BCUT2D eigenvalue weighted by Gasteiger charge is -2.42. The van der Waals surface area contributed by atoms with Crippen molar-refractivity contribution >= 4 is 28.8 Å². The van der Waals surface area contributed by atoms with E-state index in [0.29, 0.717) is 6.54 Å². The molecular weight excluding hydrogens is 374 g/mol. The van der Waals surface area contributed by atoms with E-state index in [4.69, 9.17) is 11.5 Å². The van der Waals surface area contributed by atoms with Gasteiger partial charge < -0.3 is 21.4 Å². The predicted octanol–water partition coefficient (Wildman–Crippen LogP) is 2.97. The van der Waals surface area contributed by atoms with E-state index in [1.54, 1.807) is 18.6 Å². The van der Waals surface area contributed by atoms with Gasteiger partial charge in [-0.15, -0.1) is 0 Å². The zero-order chi connectivity index (χ0) is 21.0. The number of nitrogens with two attached hydrogens (primary N) is 2. The summed E-state index contributed by atoms with van der Waals surface area (Å²) in [6, 6.07) is 10.6. The molecule has 30 heavy (non-hydrogen) atoms. The van der Waals surface area contributed by atoms with Crippen molar-refractivity contribution in [3.63, 3.8) is 0 Å². The molecule has 1 aliphatic rings. The van der Waals surface area contributed by atoms with Crippen LogP contribution in [0.3, 0.4) is 0 Å². The zero-order valence-corrected chi connectivity index (χ0v) is 17.0. The fraction of sp³-hybridized carbons (Fsp3) is 0.261. The lowest BCUT2D eigenvalue weighted by atomic mass is 9.72. The Labute approximate surface area is 176 Å². The molecule has 7 nitrogen and oxygen atoms in total. The lowest BCUT2D eigenvalue weighted by molar-refractivity contribution is 0.339. The topological polar surface area (TPSA) is 109 Å². The van der Waals surface area contributed by atoms with E-state index in [2.05, 4.69) is 55.7 Å². The van der Waals surface area contributed by atoms with Gasteiger partial charge in [0.2, 0.25) is 0 Å². The molecule has 5 N–H and O–H groups in total. The van der Waals surface area contributed by atoms with Crippen molar-refractivity contribution in [3.05, 3.63) is 72.8 Å². The monoisotopic (exact) mass is 401 g/mol. The molecule has 0 aliphatic carbocycles. The van der Waals surface area contributed by atoms with E-state index in [9.17, 15) is 0 Å². The minimum Gasteiger partial charge on any atom is -0.390 e. The number of rotatable bonds is 6. The summed E-state index contributed by atoms with van der Waals surface area (Å²) < 4.78 is 0. The molecule has 0 atom stereocenters. The molecule has 1 saturated heterocycles. The zero-order valence-electron chi connectivity index (χ0n) is 17.0. The van der Waals surface area contributed by atoms with Crippen LogP contribution >= 0.6 is 0 Å². The molecule has 0 saturated carbocycles. The third-order valence-electron chi connectivity index (χ3n) is 6.07. The summed E-state index contributed by atoms with van der Waals surface area (Å²) in [5.74, 6) is 0.983. The maximum atomic E-state index is 6.34. The second kappa shape index (κ2) is 8.51. The number of aromatic amines is 1. The van der Waals surface area contributed by atoms with Crippen LogP contribution < -0.4 is 16.4 Å². The molecule has 0 bridgehead atoms. The van der Waals surface area contributed by atoms with Gasteiger partial charge in [-0.1, -0.05) is 36.9 Å². The molecule has 1 aromatic carbocycles. The van der Waals surface area contributed by atoms with E-state index in [1.165, 1.54) is 11.9 Å². The number of aromatic nitrogens is 3. The first-order valence-electron chi connectivity index (χ1n) is 10.1. The summed E-state index contributed by atoms with van der Waals surface area (Å²) in [7, 11) is 0. The fourth-order valence-corrected chi connectivity index (χ4v) is 4.26. The Kier molecular flexibility index (Phi) is 5.63. The quantitative estimate of drug-likeness (QED) is 0.334. The molecule has 0 unspecified atom stereocenters. The van der Waals surface area contributed by atoms with Crippen LogP contribution in [-0.2, 0) is 5.41 Å². The summed E-state index contributed by atoms with van der Waals surface area (Å²) in [6.45, 7) is 6.28. The van der Waals surface area contributed by atoms with Crippen molar-refractivity contribution < 1.29 is 0 Å². The minimum absolute atomic E-state index is 0.0692. The summed E-state index contributed by atoms with van der Waals surface area (Å²) in [6.07, 6.45) is 10.2. The van der Waals surface area contributed by atoms with E-state index < -0.39 is 0 Å². The smallest absolute Gasteiger partial charge is 0.142 e. The molecule has 154 valence electrons. The van der Waals surface area contributed by atoms with Gasteiger partial charge in [-0.05, 0) is 35.6 Å². The molecule has 1 fully saturated rings. The average Bonchev–Trinajstić information content (AvgIpc) is 3.29. The number of piperidine rings is 1. The van der Waals surface area contributed by atoms with E-state index in [0.717, 1.165) is 53.9 Å². The molecular formula is C23H27N7. The summed E-state index contributed by atoms with van der Waals surface area (Å²) in [5, 5.41) is 1.06. The Morgan fingerprint density at radius 2 is 2.10 bits per heavy atom. The van der Waals surface area contributed by atoms with Crippen LogP contribution in [0.1, 0.15) is 24.0 Å². The van der Waals surface area contributed by atoms with Crippen molar-refractivity contribution in [2.24, 2.45) is 16.5 Å². The molecule has 1 aliphatic heterocycles. The standard InChI is InChI=1S/C23H27N7/c1-2-17(13-26-15-25)18-4-3-5-19(12-18)23(14-24)7-10-30(11-8-23)22-20-6-9-27-21(20)28-16-29-22/h2-6,9,12-13,15-16H,1,7-8,10-11,14,24H2,(H2,25,26)(H,27,28,29)/b17-13+. The van der Waals surface area contributed by atoms with Gasteiger partial charge in [0.15, 0.2) is 0 Å². The van der Waals surface area contributed by atoms with Gasteiger partial charge in [0.1, 0.15) is 17.8 Å². The number of benzene rings is 1. The molecule has 2 aromatic heterocycles. The van der Waals surface area contributed by atoms with Gasteiger partial charge >= 0.3 is 0 Å². The molecule has 0 spiro atoms. The molecule has 0 amide bonds. The highest BCUT2D eigenvalue weighted by Crippen LogP contribution is 2.38. The van der Waals surface area contributed by atoms with Crippen LogP contribution in [0.2, 0.25) is 0 Å². The van der Waals surface area contributed by atoms with Gasteiger partial charge in [0, 0.05) is 37.4 Å². The van der Waals surface area contributed by atoms with E-state index >= 15 is 0 Å². The van der Waals surface area contributed by atoms with Gasteiger partial charge in [-0.2, -0.15) is 0 Å². The molecule has 7 heteroatoms. The van der Waals surface area contributed by atoms with Gasteiger partial charge in [-0.25, -0.2) is 15.0 Å². The normalized spacial score (nSPS) is 17.0. The largest absolute Gasteiger partial charge is 0.390 e. The predicted molar refractivity (Wildman–Crippen MR) is 123 cm³/mol. The van der Waals surface area contributed by atoms with Crippen LogP contribution in [0.25, 0.3) is 16.6 Å². The third-order valence-corrected chi connectivity index (χ3v) is 6.07. The fourth-order valence-electron chi connectivity index (χ4n) is 4.26. The first-order valence-corrected chi connectivity index (χ1v) is 10.1. The Morgan fingerprint density at radius 1 is 1.27 bits per heavy atom. The number of H-pyrrole nitrogens is 1.